The topological polar surface area (TPSA) is 33.5 Å². The minimum Gasteiger partial charge on any atom is -0.326 e. The van der Waals surface area contributed by atoms with Gasteiger partial charge in [0.15, 0.2) is 6.54 Å². The SMILES string of the molecule is Cc1cc(I)ccc1NC(=O)C[NH+](C)Cc1cccc(F)c1. The molecule has 0 bridgehead atoms. The predicted octanol–water partition coefficient (Wildman–Crippen LogP) is 2.39. The van der Waals surface area contributed by atoms with Gasteiger partial charge in [0.1, 0.15) is 12.4 Å². The maximum atomic E-state index is 13.2. The molecule has 0 radical (unpaired) electrons. The number of hydrogen-bond acceptors (Lipinski definition) is 1. The third kappa shape index (κ3) is 5.06. The number of carbonyl (C=O) groups excluding carboxylic acids is 1. The van der Waals surface area contributed by atoms with E-state index in [-0.39, 0.29) is 11.7 Å². The van der Waals surface area contributed by atoms with Crippen molar-refractivity contribution in [2.24, 2.45) is 0 Å². The van der Waals surface area contributed by atoms with Gasteiger partial charge >= 0.3 is 0 Å². The predicted molar refractivity (Wildman–Crippen MR) is 94.4 cm³/mol. The number of rotatable bonds is 5. The van der Waals surface area contributed by atoms with E-state index in [9.17, 15) is 9.18 Å². The van der Waals surface area contributed by atoms with Gasteiger partial charge in [0.25, 0.3) is 5.91 Å². The summed E-state index contributed by atoms with van der Waals surface area (Å²) < 4.78 is 14.3. The minimum atomic E-state index is -0.246. The molecule has 0 fully saturated rings. The number of carbonyl (C=O) groups is 1. The lowest BCUT2D eigenvalue weighted by Crippen LogP contribution is -3.08. The van der Waals surface area contributed by atoms with Crippen LogP contribution in [0.25, 0.3) is 0 Å². The highest BCUT2D eigenvalue weighted by molar-refractivity contribution is 14.1. The van der Waals surface area contributed by atoms with E-state index < -0.39 is 0 Å². The van der Waals surface area contributed by atoms with E-state index in [4.69, 9.17) is 0 Å². The number of halogens is 2. The second-order valence-electron chi connectivity index (χ2n) is 5.45. The smallest absolute Gasteiger partial charge is 0.279 e. The van der Waals surface area contributed by atoms with Crippen molar-refractivity contribution in [2.45, 2.75) is 13.5 Å². The molecule has 0 saturated heterocycles. The van der Waals surface area contributed by atoms with Crippen LogP contribution in [0.1, 0.15) is 11.1 Å². The van der Waals surface area contributed by atoms with Crippen LogP contribution in [0.2, 0.25) is 0 Å². The van der Waals surface area contributed by atoms with Crippen LogP contribution in [0.5, 0.6) is 0 Å². The lowest BCUT2D eigenvalue weighted by atomic mass is 10.2. The van der Waals surface area contributed by atoms with Crippen molar-refractivity contribution in [1.82, 2.24) is 0 Å². The van der Waals surface area contributed by atoms with Crippen molar-refractivity contribution in [3.05, 3.63) is 63.0 Å². The van der Waals surface area contributed by atoms with Gasteiger partial charge < -0.3 is 10.2 Å². The van der Waals surface area contributed by atoms with Gasteiger partial charge in [-0.2, -0.15) is 0 Å². The Hall–Kier alpha value is -1.47. The van der Waals surface area contributed by atoms with Gasteiger partial charge in [0, 0.05) is 14.8 Å². The molecule has 22 heavy (non-hydrogen) atoms. The van der Waals surface area contributed by atoms with Crippen LogP contribution in [0.15, 0.2) is 42.5 Å². The average Bonchev–Trinajstić information content (AvgIpc) is 2.41. The van der Waals surface area contributed by atoms with E-state index in [2.05, 4.69) is 27.9 Å². The molecule has 0 aliphatic heterocycles. The van der Waals surface area contributed by atoms with Crippen LogP contribution in [-0.4, -0.2) is 19.5 Å². The summed E-state index contributed by atoms with van der Waals surface area (Å²) in [6.45, 7) is 2.92. The zero-order valence-electron chi connectivity index (χ0n) is 12.6. The second kappa shape index (κ2) is 7.69. The highest BCUT2D eigenvalue weighted by Gasteiger charge is 2.12. The molecule has 2 rings (SSSR count). The number of nitrogens with one attached hydrogen (secondary N) is 2. The molecule has 2 aromatic carbocycles. The first-order valence-electron chi connectivity index (χ1n) is 7.06. The van der Waals surface area contributed by atoms with E-state index in [0.717, 1.165) is 25.3 Å². The third-order valence-electron chi connectivity index (χ3n) is 3.32. The van der Waals surface area contributed by atoms with Crippen LogP contribution in [-0.2, 0) is 11.3 Å². The first-order valence-corrected chi connectivity index (χ1v) is 8.13. The Labute approximate surface area is 143 Å². The van der Waals surface area contributed by atoms with Crippen molar-refractivity contribution in [3.63, 3.8) is 0 Å². The number of amides is 1. The summed E-state index contributed by atoms with van der Waals surface area (Å²) in [6, 6.07) is 12.4. The Bertz CT molecular complexity index is 675. The summed E-state index contributed by atoms with van der Waals surface area (Å²) in [5.41, 5.74) is 2.77. The quantitative estimate of drug-likeness (QED) is 0.726. The van der Waals surface area contributed by atoms with Gasteiger partial charge in [-0.05, 0) is 65.4 Å². The largest absolute Gasteiger partial charge is 0.326 e. The van der Waals surface area contributed by atoms with Gasteiger partial charge in [0.2, 0.25) is 0 Å². The molecular formula is C17H19FIN2O+. The van der Waals surface area contributed by atoms with Crippen molar-refractivity contribution < 1.29 is 14.1 Å². The summed E-state index contributed by atoms with van der Waals surface area (Å²) in [4.78, 5) is 13.1. The molecule has 2 N–H and O–H groups in total. The Morgan fingerprint density at radius 3 is 2.73 bits per heavy atom. The zero-order chi connectivity index (χ0) is 16.1. The van der Waals surface area contributed by atoms with Gasteiger partial charge in [-0.3, -0.25) is 4.79 Å². The molecule has 1 atom stereocenters. The Morgan fingerprint density at radius 2 is 2.05 bits per heavy atom. The monoisotopic (exact) mass is 413 g/mol. The maximum absolute atomic E-state index is 13.2. The lowest BCUT2D eigenvalue weighted by molar-refractivity contribution is -0.885. The highest BCUT2D eigenvalue weighted by atomic mass is 127. The summed E-state index contributed by atoms with van der Waals surface area (Å²) in [5, 5.41) is 2.93. The molecular weight excluding hydrogens is 394 g/mol. The van der Waals surface area contributed by atoms with E-state index in [0.29, 0.717) is 13.1 Å². The molecule has 0 spiro atoms. The maximum Gasteiger partial charge on any atom is 0.279 e. The molecule has 0 aliphatic carbocycles. The van der Waals surface area contributed by atoms with Gasteiger partial charge in [-0.15, -0.1) is 0 Å². The van der Waals surface area contributed by atoms with Crippen LogP contribution >= 0.6 is 22.6 Å². The van der Waals surface area contributed by atoms with Gasteiger partial charge in [0.05, 0.1) is 7.05 Å². The van der Waals surface area contributed by atoms with Gasteiger partial charge in [-0.25, -0.2) is 4.39 Å². The zero-order valence-corrected chi connectivity index (χ0v) is 14.8. The standard InChI is InChI=1S/C17H18FIN2O/c1-12-8-15(19)6-7-16(12)20-17(22)11-21(2)10-13-4-3-5-14(18)9-13/h3-9H,10-11H2,1-2H3,(H,20,22)/p+1. The van der Waals surface area contributed by atoms with Crippen molar-refractivity contribution in [2.75, 3.05) is 18.9 Å². The van der Waals surface area contributed by atoms with Crippen LogP contribution in [0.3, 0.4) is 0 Å². The molecule has 0 heterocycles. The molecule has 5 heteroatoms. The summed E-state index contributed by atoms with van der Waals surface area (Å²) in [6.07, 6.45) is 0. The third-order valence-corrected chi connectivity index (χ3v) is 3.99. The number of aryl methyl sites for hydroxylation is 1. The Morgan fingerprint density at radius 1 is 1.27 bits per heavy atom. The fraction of sp³-hybridized carbons (Fsp3) is 0.235. The van der Waals surface area contributed by atoms with Crippen LogP contribution in [0.4, 0.5) is 10.1 Å². The number of likely N-dealkylation sites (N-methyl/N-ethyl adjacent to an activating group) is 1. The normalized spacial score (nSPS) is 12.0. The first kappa shape index (κ1) is 16.9. The molecule has 2 aromatic rings. The number of benzene rings is 2. The van der Waals surface area contributed by atoms with E-state index in [1.165, 1.54) is 12.1 Å². The fourth-order valence-electron chi connectivity index (χ4n) is 2.29. The molecule has 116 valence electrons. The van der Waals surface area contributed by atoms with E-state index in [1.54, 1.807) is 6.07 Å². The number of anilines is 1. The number of quaternary nitrogens is 1. The van der Waals surface area contributed by atoms with Crippen molar-refractivity contribution in [3.8, 4) is 0 Å². The summed E-state index contributed by atoms with van der Waals surface area (Å²) in [7, 11) is 1.92. The molecule has 0 saturated carbocycles. The molecule has 0 aliphatic rings. The molecule has 0 aromatic heterocycles. The summed E-state index contributed by atoms with van der Waals surface area (Å²) >= 11 is 2.24. The van der Waals surface area contributed by atoms with Crippen LogP contribution in [0, 0.1) is 16.3 Å². The molecule has 1 amide bonds. The highest BCUT2D eigenvalue weighted by Crippen LogP contribution is 2.17. The average molecular weight is 413 g/mol. The fourth-order valence-corrected chi connectivity index (χ4v) is 2.94. The second-order valence-corrected chi connectivity index (χ2v) is 6.69. The Kier molecular flexibility index (Phi) is 5.90. The van der Waals surface area contributed by atoms with Crippen molar-refractivity contribution in [1.29, 1.82) is 0 Å². The minimum absolute atomic E-state index is 0.0433. The number of hydrogen-bond donors (Lipinski definition) is 2. The van der Waals surface area contributed by atoms with E-state index >= 15 is 0 Å². The lowest BCUT2D eigenvalue weighted by Gasteiger charge is -2.15. The molecule has 3 nitrogen and oxygen atoms in total. The Balaban J connectivity index is 1.91. The van der Waals surface area contributed by atoms with Gasteiger partial charge in [-0.1, -0.05) is 12.1 Å². The first-order chi connectivity index (χ1) is 10.4. The van der Waals surface area contributed by atoms with Crippen molar-refractivity contribution >= 4 is 34.2 Å². The van der Waals surface area contributed by atoms with E-state index in [1.807, 2.05) is 38.2 Å². The summed E-state index contributed by atoms with van der Waals surface area (Å²) in [5.74, 6) is -0.289. The molecule has 1 unspecified atom stereocenters. The van der Waals surface area contributed by atoms with Crippen LogP contribution < -0.4 is 10.2 Å².